The molecule has 1 amide bonds. The first kappa shape index (κ1) is 15.2. The number of ether oxygens (including phenoxy) is 2. The van der Waals surface area contributed by atoms with E-state index < -0.39 is 5.60 Å². The highest BCUT2D eigenvalue weighted by Crippen LogP contribution is 2.17. The molecular formula is C12H24N2O4. The van der Waals surface area contributed by atoms with Crippen LogP contribution < -0.4 is 5.48 Å². The molecule has 1 saturated heterocycles. The monoisotopic (exact) mass is 260 g/mol. The molecule has 0 radical (unpaired) electrons. The molecule has 0 spiro atoms. The lowest BCUT2D eigenvalue weighted by molar-refractivity contribution is -0.0387. The second-order valence-electron chi connectivity index (χ2n) is 5.67. The number of morpholine rings is 1. The molecule has 0 aliphatic carbocycles. The van der Waals surface area contributed by atoms with Crippen molar-refractivity contribution in [3.63, 3.8) is 0 Å². The molecule has 106 valence electrons. The van der Waals surface area contributed by atoms with Crippen LogP contribution in [0.15, 0.2) is 0 Å². The summed E-state index contributed by atoms with van der Waals surface area (Å²) < 4.78 is 10.8. The Morgan fingerprint density at radius 1 is 1.61 bits per heavy atom. The van der Waals surface area contributed by atoms with Crippen molar-refractivity contribution in [1.82, 2.24) is 10.4 Å². The minimum atomic E-state index is -0.499. The highest BCUT2D eigenvalue weighted by Gasteiger charge is 2.31. The highest BCUT2D eigenvalue weighted by atomic mass is 16.6. The summed E-state index contributed by atoms with van der Waals surface area (Å²) in [5.74, 6) is 0. The molecule has 0 aromatic rings. The Balaban J connectivity index is 2.61. The number of hydrogen-bond donors (Lipinski definition) is 2. The van der Waals surface area contributed by atoms with E-state index in [1.807, 2.05) is 27.7 Å². The molecule has 6 nitrogen and oxygen atoms in total. The molecule has 0 saturated carbocycles. The van der Waals surface area contributed by atoms with Gasteiger partial charge in [-0.05, 0) is 34.1 Å². The number of nitrogens with zero attached hydrogens (tertiary/aromatic N) is 1. The van der Waals surface area contributed by atoms with Gasteiger partial charge >= 0.3 is 6.09 Å². The fourth-order valence-corrected chi connectivity index (χ4v) is 1.87. The Morgan fingerprint density at radius 3 is 2.83 bits per heavy atom. The predicted octanol–water partition coefficient (Wildman–Crippen LogP) is 1.38. The summed E-state index contributed by atoms with van der Waals surface area (Å²) in [5, 5.41) is 8.85. The van der Waals surface area contributed by atoms with E-state index >= 15 is 0 Å². The average Bonchev–Trinajstić information content (AvgIpc) is 2.27. The molecule has 6 heteroatoms. The van der Waals surface area contributed by atoms with Crippen LogP contribution in [0.5, 0.6) is 0 Å². The van der Waals surface area contributed by atoms with Gasteiger partial charge < -0.3 is 19.6 Å². The number of hydrogen-bond acceptors (Lipinski definition) is 5. The van der Waals surface area contributed by atoms with E-state index in [2.05, 4.69) is 5.48 Å². The second-order valence-corrected chi connectivity index (χ2v) is 5.67. The summed E-state index contributed by atoms with van der Waals surface area (Å²) >= 11 is 0. The van der Waals surface area contributed by atoms with Gasteiger partial charge in [-0.3, -0.25) is 0 Å². The summed E-state index contributed by atoms with van der Waals surface area (Å²) in [4.78, 5) is 13.7. The zero-order chi connectivity index (χ0) is 13.8. The van der Waals surface area contributed by atoms with Gasteiger partial charge in [0.05, 0.1) is 19.3 Å². The van der Waals surface area contributed by atoms with Gasteiger partial charge in [-0.2, -0.15) is 0 Å². The molecule has 2 N–H and O–H groups in total. The molecule has 18 heavy (non-hydrogen) atoms. The number of rotatable bonds is 3. The number of carbonyl (C=O) groups is 1. The fraction of sp³-hybridized carbons (Fsp3) is 0.917. The van der Waals surface area contributed by atoms with E-state index in [0.29, 0.717) is 26.2 Å². The third-order valence-electron chi connectivity index (χ3n) is 2.70. The molecular weight excluding hydrogens is 236 g/mol. The normalized spacial score (nSPS) is 22.7. The van der Waals surface area contributed by atoms with Crippen molar-refractivity contribution in [2.75, 3.05) is 19.8 Å². The molecule has 2 atom stereocenters. The van der Waals surface area contributed by atoms with E-state index in [1.165, 1.54) is 0 Å². The minimum Gasteiger partial charge on any atom is -0.444 e. The van der Waals surface area contributed by atoms with Gasteiger partial charge in [-0.15, -0.1) is 0 Å². The summed E-state index contributed by atoms with van der Waals surface area (Å²) in [6.07, 6.45) is 0.302. The second kappa shape index (κ2) is 6.36. The van der Waals surface area contributed by atoms with Crippen LogP contribution in [0.2, 0.25) is 0 Å². The van der Waals surface area contributed by atoms with Crippen LogP contribution >= 0.6 is 0 Å². The summed E-state index contributed by atoms with van der Waals surface area (Å²) in [5.41, 5.74) is 1.69. The van der Waals surface area contributed by atoms with E-state index in [4.69, 9.17) is 14.7 Å². The van der Waals surface area contributed by atoms with Crippen LogP contribution in [-0.4, -0.2) is 53.6 Å². The lowest BCUT2D eigenvalue weighted by atomic mass is 10.1. The van der Waals surface area contributed by atoms with Crippen LogP contribution in [0.4, 0.5) is 4.79 Å². The molecule has 1 heterocycles. The first-order valence-corrected chi connectivity index (χ1v) is 6.30. The first-order chi connectivity index (χ1) is 8.33. The van der Waals surface area contributed by atoms with Crippen LogP contribution in [0.1, 0.15) is 34.1 Å². The number of hydroxylamine groups is 1. The van der Waals surface area contributed by atoms with E-state index in [1.54, 1.807) is 4.90 Å². The molecule has 1 aliphatic rings. The maximum Gasteiger partial charge on any atom is 0.410 e. The standard InChI is InChI=1S/C12H24N2O4/c1-9(13-16)7-10-8-17-6-5-14(10)11(15)18-12(2,3)4/h9-10,13,16H,5-8H2,1-4H3. The van der Waals surface area contributed by atoms with Gasteiger partial charge in [0, 0.05) is 12.6 Å². The molecule has 0 bridgehead atoms. The predicted molar refractivity (Wildman–Crippen MR) is 66.5 cm³/mol. The van der Waals surface area contributed by atoms with Crippen molar-refractivity contribution in [2.45, 2.75) is 51.8 Å². The Bertz CT molecular complexity index is 278. The highest BCUT2D eigenvalue weighted by molar-refractivity contribution is 5.68. The molecule has 1 aliphatic heterocycles. The van der Waals surface area contributed by atoms with E-state index in [9.17, 15) is 4.79 Å². The first-order valence-electron chi connectivity index (χ1n) is 6.30. The van der Waals surface area contributed by atoms with Crippen LogP contribution in [0.25, 0.3) is 0 Å². The topological polar surface area (TPSA) is 71.0 Å². The quantitative estimate of drug-likeness (QED) is 0.750. The maximum absolute atomic E-state index is 12.1. The maximum atomic E-state index is 12.1. The minimum absolute atomic E-state index is 0.0664. The van der Waals surface area contributed by atoms with Crippen molar-refractivity contribution in [3.8, 4) is 0 Å². The number of amides is 1. The number of carbonyl (C=O) groups excluding carboxylic acids is 1. The van der Waals surface area contributed by atoms with Gasteiger partial charge in [0.1, 0.15) is 5.60 Å². The van der Waals surface area contributed by atoms with Gasteiger partial charge in [-0.25, -0.2) is 10.3 Å². The molecule has 1 rings (SSSR count). The zero-order valence-corrected chi connectivity index (χ0v) is 11.6. The zero-order valence-electron chi connectivity index (χ0n) is 11.6. The molecule has 0 aromatic carbocycles. The van der Waals surface area contributed by atoms with Crippen molar-refractivity contribution < 1.29 is 19.5 Å². The van der Waals surface area contributed by atoms with Crippen LogP contribution in [0, 0.1) is 0 Å². The third kappa shape index (κ3) is 4.80. The summed E-state index contributed by atoms with van der Waals surface area (Å²) in [6.45, 7) is 8.91. The van der Waals surface area contributed by atoms with Crippen molar-refractivity contribution in [1.29, 1.82) is 0 Å². The fourth-order valence-electron chi connectivity index (χ4n) is 1.87. The molecule has 0 aromatic heterocycles. The Labute approximate surface area is 108 Å². The van der Waals surface area contributed by atoms with Crippen LogP contribution in [-0.2, 0) is 9.47 Å². The van der Waals surface area contributed by atoms with Crippen molar-refractivity contribution in [3.05, 3.63) is 0 Å². The lowest BCUT2D eigenvalue weighted by Crippen LogP contribution is -2.52. The van der Waals surface area contributed by atoms with Gasteiger partial charge in [0.2, 0.25) is 0 Å². The Morgan fingerprint density at radius 2 is 2.28 bits per heavy atom. The van der Waals surface area contributed by atoms with E-state index in [-0.39, 0.29) is 18.2 Å². The third-order valence-corrected chi connectivity index (χ3v) is 2.70. The summed E-state index contributed by atoms with van der Waals surface area (Å²) in [7, 11) is 0. The smallest absolute Gasteiger partial charge is 0.410 e. The molecule has 2 unspecified atom stereocenters. The van der Waals surface area contributed by atoms with Crippen molar-refractivity contribution >= 4 is 6.09 Å². The van der Waals surface area contributed by atoms with E-state index in [0.717, 1.165) is 0 Å². The van der Waals surface area contributed by atoms with Crippen LogP contribution in [0.3, 0.4) is 0 Å². The summed E-state index contributed by atoms with van der Waals surface area (Å²) in [6, 6.07) is -0.162. The molecule has 1 fully saturated rings. The van der Waals surface area contributed by atoms with Gasteiger partial charge in [0.15, 0.2) is 0 Å². The number of nitrogens with one attached hydrogen (secondary N) is 1. The largest absolute Gasteiger partial charge is 0.444 e. The van der Waals surface area contributed by atoms with Crippen molar-refractivity contribution in [2.24, 2.45) is 0 Å². The Hall–Kier alpha value is -0.850. The lowest BCUT2D eigenvalue weighted by Gasteiger charge is -2.37. The Kier molecular flexibility index (Phi) is 5.37. The average molecular weight is 260 g/mol. The van der Waals surface area contributed by atoms with Gasteiger partial charge in [0.25, 0.3) is 0 Å². The SMILES string of the molecule is CC(CC1COCCN1C(=O)OC(C)(C)C)NO. The van der Waals surface area contributed by atoms with Gasteiger partial charge in [-0.1, -0.05) is 0 Å².